The van der Waals surface area contributed by atoms with Gasteiger partial charge in [-0.15, -0.1) is 0 Å². The van der Waals surface area contributed by atoms with Crippen molar-refractivity contribution < 1.29 is 4.79 Å². The minimum atomic E-state index is -0.445. The molecular weight excluding hydrogens is 264 g/mol. The van der Waals surface area contributed by atoms with Crippen molar-refractivity contribution in [1.29, 1.82) is 0 Å². The summed E-state index contributed by atoms with van der Waals surface area (Å²) in [5, 5.41) is 6.26. The fraction of sp³-hybridized carbons (Fsp3) is 0.875. The minimum absolute atomic E-state index is 0.0772. The predicted octanol–water partition coefficient (Wildman–Crippen LogP) is 1.70. The molecule has 0 aliphatic carbocycles. The zero-order valence-electron chi connectivity index (χ0n) is 14.5. The molecule has 1 rings (SSSR count). The zero-order valence-corrected chi connectivity index (χ0v) is 14.5. The molecule has 0 saturated carbocycles. The lowest BCUT2D eigenvalue weighted by Gasteiger charge is -2.38. The van der Waals surface area contributed by atoms with E-state index in [9.17, 15) is 4.79 Å². The average molecular weight is 296 g/mol. The number of carbonyl (C=O) groups excluding carboxylic acids is 1. The highest BCUT2D eigenvalue weighted by Gasteiger charge is 2.29. The summed E-state index contributed by atoms with van der Waals surface area (Å²) in [5.41, 5.74) is -0.445. The van der Waals surface area contributed by atoms with Crippen molar-refractivity contribution in [3.8, 4) is 0 Å². The lowest BCUT2D eigenvalue weighted by Crippen LogP contribution is -2.52. The van der Waals surface area contributed by atoms with Crippen LogP contribution in [0.4, 0.5) is 0 Å². The molecule has 1 fully saturated rings. The van der Waals surface area contributed by atoms with E-state index in [2.05, 4.69) is 34.4 Å². The van der Waals surface area contributed by atoms with E-state index < -0.39 is 5.41 Å². The van der Waals surface area contributed by atoms with E-state index >= 15 is 0 Å². The zero-order chi connectivity index (χ0) is 16.0. The molecule has 122 valence electrons. The van der Waals surface area contributed by atoms with E-state index in [-0.39, 0.29) is 5.91 Å². The summed E-state index contributed by atoms with van der Waals surface area (Å²) in [6, 6.07) is 0. The molecule has 0 radical (unpaired) electrons. The van der Waals surface area contributed by atoms with E-state index in [0.717, 1.165) is 19.0 Å². The normalized spacial score (nSPS) is 23.9. The van der Waals surface area contributed by atoms with Crippen LogP contribution in [0.25, 0.3) is 0 Å². The number of carbonyl (C=O) groups is 1. The summed E-state index contributed by atoms with van der Waals surface area (Å²) in [6.07, 6.45) is 1.28. The van der Waals surface area contributed by atoms with Gasteiger partial charge in [0, 0.05) is 33.2 Å². The van der Waals surface area contributed by atoms with E-state index in [1.165, 1.54) is 6.42 Å². The van der Waals surface area contributed by atoms with Gasteiger partial charge in [-0.3, -0.25) is 9.79 Å². The quantitative estimate of drug-likeness (QED) is 0.613. The Kier molecular flexibility index (Phi) is 6.49. The van der Waals surface area contributed by atoms with Crippen molar-refractivity contribution in [3.63, 3.8) is 0 Å². The van der Waals surface area contributed by atoms with Gasteiger partial charge in [-0.25, -0.2) is 0 Å². The van der Waals surface area contributed by atoms with Crippen LogP contribution in [-0.2, 0) is 4.79 Å². The smallest absolute Gasteiger partial charge is 0.227 e. The number of likely N-dealkylation sites (tertiary alicyclic amines) is 1. The number of guanidine groups is 1. The molecule has 0 aromatic rings. The predicted molar refractivity (Wildman–Crippen MR) is 88.3 cm³/mol. The maximum absolute atomic E-state index is 12.0. The maximum atomic E-state index is 12.0. The third kappa shape index (κ3) is 5.21. The third-order valence-electron chi connectivity index (χ3n) is 4.02. The summed E-state index contributed by atoms with van der Waals surface area (Å²) in [5.74, 6) is 2.35. The van der Waals surface area contributed by atoms with Gasteiger partial charge in [-0.2, -0.15) is 0 Å². The van der Waals surface area contributed by atoms with Gasteiger partial charge in [0.05, 0.1) is 5.41 Å². The van der Waals surface area contributed by atoms with Crippen molar-refractivity contribution in [1.82, 2.24) is 15.5 Å². The standard InChI is InChI=1S/C16H32N4O/c1-7-18-14(21)16(4,5)11-19-15(17-6)20-9-12(2)8-13(3)10-20/h12-13H,7-11H2,1-6H3,(H,17,19)(H,18,21). The number of nitrogens with zero attached hydrogens (tertiary/aromatic N) is 2. The van der Waals surface area contributed by atoms with Crippen LogP contribution in [0.5, 0.6) is 0 Å². The molecule has 1 saturated heterocycles. The molecule has 21 heavy (non-hydrogen) atoms. The van der Waals surface area contributed by atoms with Crippen molar-refractivity contribution in [2.75, 3.05) is 33.2 Å². The van der Waals surface area contributed by atoms with Crippen LogP contribution in [0.3, 0.4) is 0 Å². The molecule has 0 spiro atoms. The van der Waals surface area contributed by atoms with Crippen LogP contribution < -0.4 is 10.6 Å². The Labute approximate surface area is 129 Å². The van der Waals surface area contributed by atoms with E-state index in [1.54, 1.807) is 0 Å². The first kappa shape index (κ1) is 17.8. The van der Waals surface area contributed by atoms with Crippen LogP contribution in [0.1, 0.15) is 41.0 Å². The first-order valence-electron chi connectivity index (χ1n) is 8.04. The highest BCUT2D eigenvalue weighted by Crippen LogP contribution is 2.21. The topological polar surface area (TPSA) is 56.7 Å². The first-order valence-corrected chi connectivity index (χ1v) is 8.04. The fourth-order valence-corrected chi connectivity index (χ4v) is 2.95. The van der Waals surface area contributed by atoms with Crippen molar-refractivity contribution in [3.05, 3.63) is 0 Å². The van der Waals surface area contributed by atoms with E-state index in [1.807, 2.05) is 27.8 Å². The Balaban J connectivity index is 2.61. The minimum Gasteiger partial charge on any atom is -0.356 e. The summed E-state index contributed by atoms with van der Waals surface area (Å²) in [6.45, 7) is 13.7. The van der Waals surface area contributed by atoms with Crippen LogP contribution in [-0.4, -0.2) is 50.0 Å². The van der Waals surface area contributed by atoms with Gasteiger partial charge in [0.1, 0.15) is 0 Å². The molecule has 5 nitrogen and oxygen atoms in total. The maximum Gasteiger partial charge on any atom is 0.227 e. The Hall–Kier alpha value is -1.26. The Morgan fingerprint density at radius 1 is 1.24 bits per heavy atom. The van der Waals surface area contributed by atoms with Gasteiger partial charge in [-0.05, 0) is 39.0 Å². The van der Waals surface area contributed by atoms with E-state index in [4.69, 9.17) is 0 Å². The SMILES string of the molecule is CCNC(=O)C(C)(C)CNC(=NC)N1CC(C)CC(C)C1. The number of aliphatic imine (C=N–C) groups is 1. The average Bonchev–Trinajstić information content (AvgIpc) is 2.38. The molecular formula is C16H32N4O. The van der Waals surface area contributed by atoms with Crippen LogP contribution in [0.2, 0.25) is 0 Å². The number of amides is 1. The molecule has 2 unspecified atom stereocenters. The summed E-state index contributed by atoms with van der Waals surface area (Å²) in [4.78, 5) is 18.7. The number of hydrogen-bond donors (Lipinski definition) is 2. The molecule has 0 aromatic heterocycles. The second-order valence-corrected chi connectivity index (χ2v) is 7.00. The lowest BCUT2D eigenvalue weighted by atomic mass is 9.91. The Morgan fingerprint density at radius 3 is 2.29 bits per heavy atom. The largest absolute Gasteiger partial charge is 0.356 e. The highest BCUT2D eigenvalue weighted by molar-refractivity contribution is 5.84. The van der Waals surface area contributed by atoms with Gasteiger partial charge >= 0.3 is 0 Å². The van der Waals surface area contributed by atoms with Crippen molar-refractivity contribution >= 4 is 11.9 Å². The number of rotatable bonds is 4. The summed E-state index contributed by atoms with van der Waals surface area (Å²) in [7, 11) is 1.81. The fourth-order valence-electron chi connectivity index (χ4n) is 2.95. The first-order chi connectivity index (χ1) is 9.80. The number of nitrogens with one attached hydrogen (secondary N) is 2. The number of hydrogen-bond acceptors (Lipinski definition) is 2. The molecule has 0 aromatic carbocycles. The monoisotopic (exact) mass is 296 g/mol. The molecule has 2 N–H and O–H groups in total. The molecule has 5 heteroatoms. The summed E-state index contributed by atoms with van der Waals surface area (Å²) < 4.78 is 0. The second kappa shape index (κ2) is 7.66. The summed E-state index contributed by atoms with van der Waals surface area (Å²) >= 11 is 0. The molecule has 2 atom stereocenters. The van der Waals surface area contributed by atoms with Crippen LogP contribution >= 0.6 is 0 Å². The lowest BCUT2D eigenvalue weighted by molar-refractivity contribution is -0.128. The van der Waals surface area contributed by atoms with Gasteiger partial charge < -0.3 is 15.5 Å². The van der Waals surface area contributed by atoms with Gasteiger partial charge in [0.2, 0.25) is 5.91 Å². The van der Waals surface area contributed by atoms with Gasteiger partial charge in [0.25, 0.3) is 0 Å². The van der Waals surface area contributed by atoms with Crippen molar-refractivity contribution in [2.24, 2.45) is 22.2 Å². The Bertz CT molecular complexity index is 368. The van der Waals surface area contributed by atoms with Gasteiger partial charge in [-0.1, -0.05) is 13.8 Å². The van der Waals surface area contributed by atoms with Crippen LogP contribution in [0.15, 0.2) is 4.99 Å². The highest BCUT2D eigenvalue weighted by atomic mass is 16.2. The van der Waals surface area contributed by atoms with E-state index in [0.29, 0.717) is 24.9 Å². The Morgan fingerprint density at radius 2 is 1.81 bits per heavy atom. The molecule has 0 bridgehead atoms. The molecule has 1 heterocycles. The van der Waals surface area contributed by atoms with Crippen LogP contribution in [0, 0.1) is 17.3 Å². The second-order valence-electron chi connectivity index (χ2n) is 7.00. The number of piperidine rings is 1. The molecule has 1 aliphatic rings. The molecule has 1 aliphatic heterocycles. The molecule has 1 amide bonds. The third-order valence-corrected chi connectivity index (χ3v) is 4.02. The van der Waals surface area contributed by atoms with Gasteiger partial charge in [0.15, 0.2) is 5.96 Å². The van der Waals surface area contributed by atoms with Crippen molar-refractivity contribution in [2.45, 2.75) is 41.0 Å².